The van der Waals surface area contributed by atoms with Crippen LogP contribution in [0.15, 0.2) is 59.7 Å². The van der Waals surface area contributed by atoms with Crippen LogP contribution in [0, 0.1) is 10.1 Å². The first kappa shape index (κ1) is 29.2. The zero-order valence-electron chi connectivity index (χ0n) is 21.9. The Labute approximate surface area is 231 Å². The highest BCUT2D eigenvalue weighted by molar-refractivity contribution is 6.32. The largest absolute Gasteiger partial charge is 0.490 e. The molecule has 0 fully saturated rings. The van der Waals surface area contributed by atoms with Gasteiger partial charge < -0.3 is 18.9 Å². The van der Waals surface area contributed by atoms with E-state index in [0.717, 1.165) is 12.0 Å². The summed E-state index contributed by atoms with van der Waals surface area (Å²) in [5.41, 5.74) is 4.15. The molecule has 0 radical (unpaired) electrons. The molecule has 10 nitrogen and oxygen atoms in total. The van der Waals surface area contributed by atoms with Gasteiger partial charge in [-0.05, 0) is 73.9 Å². The van der Waals surface area contributed by atoms with Crippen LogP contribution in [0.1, 0.15) is 48.7 Å². The number of non-ortho nitro benzene ring substituents is 1. The van der Waals surface area contributed by atoms with Gasteiger partial charge in [-0.25, -0.2) is 5.43 Å². The molecule has 0 saturated carbocycles. The van der Waals surface area contributed by atoms with Crippen molar-refractivity contribution < 1.29 is 28.7 Å². The summed E-state index contributed by atoms with van der Waals surface area (Å²) in [4.78, 5) is 23.0. The van der Waals surface area contributed by atoms with E-state index in [-0.39, 0.29) is 17.3 Å². The molecular weight excluding hydrogens is 526 g/mol. The molecule has 3 aromatic rings. The summed E-state index contributed by atoms with van der Waals surface area (Å²) in [5, 5.41) is 15.2. The van der Waals surface area contributed by atoms with Crippen LogP contribution in [0.5, 0.6) is 23.0 Å². The van der Waals surface area contributed by atoms with Crippen LogP contribution in [0.25, 0.3) is 0 Å². The fraction of sp³-hybridized carbons (Fsp3) is 0.286. The Morgan fingerprint density at radius 1 is 0.949 bits per heavy atom. The second-order valence-electron chi connectivity index (χ2n) is 8.12. The molecule has 0 aliphatic rings. The SMILES string of the molecule is CCCOc1ccc(C(=O)N/N=C/c2cc(Cl)c(OCc3ccc([N+](=O)[O-])cc3)c(OCC)c2)cc1OCC. The maximum atomic E-state index is 12.7. The van der Waals surface area contributed by atoms with Crippen molar-refractivity contribution in [2.24, 2.45) is 5.10 Å². The predicted molar refractivity (Wildman–Crippen MR) is 149 cm³/mol. The number of hydrazone groups is 1. The lowest BCUT2D eigenvalue weighted by Gasteiger charge is -2.14. The van der Waals surface area contributed by atoms with Gasteiger partial charge in [-0.3, -0.25) is 14.9 Å². The van der Waals surface area contributed by atoms with Crippen LogP contribution in [-0.4, -0.2) is 36.9 Å². The Morgan fingerprint density at radius 2 is 1.67 bits per heavy atom. The maximum Gasteiger partial charge on any atom is 0.271 e. The van der Waals surface area contributed by atoms with Gasteiger partial charge in [0.15, 0.2) is 23.0 Å². The van der Waals surface area contributed by atoms with Gasteiger partial charge in [0.05, 0.1) is 36.0 Å². The monoisotopic (exact) mass is 555 g/mol. The molecule has 0 aromatic heterocycles. The quantitative estimate of drug-likeness (QED) is 0.143. The van der Waals surface area contributed by atoms with Crippen LogP contribution in [0.2, 0.25) is 5.02 Å². The molecule has 3 rings (SSSR count). The van der Waals surface area contributed by atoms with Gasteiger partial charge in [0.25, 0.3) is 11.6 Å². The molecular formula is C28H30ClN3O7. The number of nitro groups is 1. The molecule has 0 saturated heterocycles. The van der Waals surface area contributed by atoms with E-state index in [4.69, 9.17) is 30.5 Å². The Kier molecular flexibility index (Phi) is 10.9. The number of carbonyl (C=O) groups is 1. The molecule has 0 aliphatic carbocycles. The normalized spacial score (nSPS) is 10.8. The highest BCUT2D eigenvalue weighted by atomic mass is 35.5. The van der Waals surface area contributed by atoms with Crippen molar-refractivity contribution in [3.8, 4) is 23.0 Å². The van der Waals surface area contributed by atoms with Gasteiger partial charge in [0, 0.05) is 17.7 Å². The van der Waals surface area contributed by atoms with Crippen LogP contribution in [0.4, 0.5) is 5.69 Å². The molecule has 39 heavy (non-hydrogen) atoms. The first-order valence-electron chi connectivity index (χ1n) is 12.4. The second-order valence-corrected chi connectivity index (χ2v) is 8.52. The third-order valence-electron chi connectivity index (χ3n) is 5.21. The zero-order valence-corrected chi connectivity index (χ0v) is 22.7. The van der Waals surface area contributed by atoms with Gasteiger partial charge in [-0.2, -0.15) is 5.10 Å². The smallest absolute Gasteiger partial charge is 0.271 e. The number of amides is 1. The number of hydrogen-bond donors (Lipinski definition) is 1. The molecule has 0 unspecified atom stereocenters. The molecule has 1 amide bonds. The number of hydrogen-bond acceptors (Lipinski definition) is 8. The zero-order chi connectivity index (χ0) is 28.2. The van der Waals surface area contributed by atoms with Crippen LogP contribution in [0.3, 0.4) is 0 Å². The summed E-state index contributed by atoms with van der Waals surface area (Å²) in [7, 11) is 0. The average Bonchev–Trinajstić information content (AvgIpc) is 2.92. The molecule has 0 heterocycles. The van der Waals surface area contributed by atoms with Crippen molar-refractivity contribution in [3.63, 3.8) is 0 Å². The van der Waals surface area contributed by atoms with Gasteiger partial charge in [-0.1, -0.05) is 18.5 Å². The molecule has 0 atom stereocenters. The number of rotatable bonds is 14. The first-order valence-corrected chi connectivity index (χ1v) is 12.8. The minimum atomic E-state index is -0.464. The third kappa shape index (κ3) is 8.34. The lowest BCUT2D eigenvalue weighted by atomic mass is 10.2. The third-order valence-corrected chi connectivity index (χ3v) is 5.49. The summed E-state index contributed by atoms with van der Waals surface area (Å²) >= 11 is 6.47. The standard InChI is InChI=1S/C28H30ClN3O7/c1-4-13-38-24-12-9-21(16-25(24)36-5-2)28(33)31-30-17-20-14-23(29)27(26(15-20)37-6-3)39-18-19-7-10-22(11-8-19)32(34)35/h7-12,14-17H,4-6,13,18H2,1-3H3,(H,31,33)/b30-17+. The Hall–Kier alpha value is -4.31. The van der Waals surface area contributed by atoms with Gasteiger partial charge in [0.1, 0.15) is 6.61 Å². The highest BCUT2D eigenvalue weighted by Gasteiger charge is 2.14. The summed E-state index contributed by atoms with van der Waals surface area (Å²) in [6.45, 7) is 7.16. The molecule has 3 aromatic carbocycles. The number of benzene rings is 3. The van der Waals surface area contributed by atoms with E-state index in [9.17, 15) is 14.9 Å². The number of halogens is 1. The van der Waals surface area contributed by atoms with Crippen molar-refractivity contribution >= 4 is 29.4 Å². The summed E-state index contributed by atoms with van der Waals surface area (Å²) in [6.07, 6.45) is 2.29. The van der Waals surface area contributed by atoms with Crippen molar-refractivity contribution in [1.82, 2.24) is 5.43 Å². The second kappa shape index (κ2) is 14.6. The molecule has 0 bridgehead atoms. The lowest BCUT2D eigenvalue weighted by molar-refractivity contribution is -0.384. The van der Waals surface area contributed by atoms with Crippen molar-refractivity contribution in [3.05, 3.63) is 86.4 Å². The fourth-order valence-corrected chi connectivity index (χ4v) is 3.69. The fourth-order valence-electron chi connectivity index (χ4n) is 3.41. The highest BCUT2D eigenvalue weighted by Crippen LogP contribution is 2.37. The Bertz CT molecular complexity index is 1310. The van der Waals surface area contributed by atoms with E-state index in [2.05, 4.69) is 10.5 Å². The Balaban J connectivity index is 1.70. The number of nitro benzene ring substituents is 1. The topological polar surface area (TPSA) is 122 Å². The van der Waals surface area contributed by atoms with Crippen molar-refractivity contribution in [2.45, 2.75) is 33.8 Å². The minimum absolute atomic E-state index is 0.00439. The molecule has 1 N–H and O–H groups in total. The van der Waals surface area contributed by atoms with Crippen LogP contribution in [-0.2, 0) is 6.61 Å². The molecule has 0 aliphatic heterocycles. The summed E-state index contributed by atoms with van der Waals surface area (Å²) in [6, 6.07) is 14.3. The maximum absolute atomic E-state index is 12.7. The predicted octanol–water partition coefficient (Wildman–Crippen LogP) is 6.18. The van der Waals surface area contributed by atoms with Crippen LogP contribution >= 0.6 is 11.6 Å². The van der Waals surface area contributed by atoms with Crippen LogP contribution < -0.4 is 24.4 Å². The van der Waals surface area contributed by atoms with Gasteiger partial charge in [0.2, 0.25) is 0 Å². The average molecular weight is 556 g/mol. The van der Waals surface area contributed by atoms with Gasteiger partial charge >= 0.3 is 0 Å². The number of ether oxygens (including phenoxy) is 4. The van der Waals surface area contributed by atoms with E-state index in [1.807, 2.05) is 20.8 Å². The van der Waals surface area contributed by atoms with Crippen molar-refractivity contribution in [2.75, 3.05) is 19.8 Å². The molecule has 11 heteroatoms. The first-order chi connectivity index (χ1) is 18.9. The summed E-state index contributed by atoms with van der Waals surface area (Å²) in [5.74, 6) is 1.36. The molecule has 0 spiro atoms. The number of carbonyl (C=O) groups excluding carboxylic acids is 1. The van der Waals surface area contributed by atoms with E-state index >= 15 is 0 Å². The number of nitrogens with zero attached hydrogens (tertiary/aromatic N) is 2. The van der Waals surface area contributed by atoms with E-state index < -0.39 is 10.8 Å². The lowest BCUT2D eigenvalue weighted by Crippen LogP contribution is -2.17. The summed E-state index contributed by atoms with van der Waals surface area (Å²) < 4.78 is 22.8. The molecule has 206 valence electrons. The van der Waals surface area contributed by atoms with E-state index in [1.54, 1.807) is 42.5 Å². The van der Waals surface area contributed by atoms with E-state index in [1.165, 1.54) is 18.3 Å². The number of nitrogens with one attached hydrogen (secondary N) is 1. The minimum Gasteiger partial charge on any atom is -0.490 e. The van der Waals surface area contributed by atoms with E-state index in [0.29, 0.717) is 53.9 Å². The Morgan fingerprint density at radius 3 is 2.33 bits per heavy atom. The van der Waals surface area contributed by atoms with Gasteiger partial charge in [-0.15, -0.1) is 0 Å². The van der Waals surface area contributed by atoms with Crippen molar-refractivity contribution in [1.29, 1.82) is 0 Å².